The van der Waals surface area contributed by atoms with Gasteiger partial charge in [0.1, 0.15) is 0 Å². The number of nitrogens with one attached hydrogen (secondary N) is 1. The molecule has 4 N–H and O–H groups in total. The minimum absolute atomic E-state index is 0.0587. The van der Waals surface area contributed by atoms with E-state index >= 15 is 0 Å². The minimum Gasteiger partial charge on any atom is -0.399 e. The molecule has 6 heteroatoms. The molecule has 1 aliphatic rings. The molecule has 1 aliphatic carbocycles. The van der Waals surface area contributed by atoms with Crippen LogP contribution in [0.5, 0.6) is 0 Å². The highest BCUT2D eigenvalue weighted by Crippen LogP contribution is 2.27. The number of rotatable bonds is 4. The van der Waals surface area contributed by atoms with Gasteiger partial charge in [0, 0.05) is 12.2 Å². The summed E-state index contributed by atoms with van der Waals surface area (Å²) >= 11 is 0. The molecule has 0 aromatic heterocycles. The Balaban J connectivity index is 2.10. The molecule has 0 unspecified atom stereocenters. The predicted octanol–water partition coefficient (Wildman–Crippen LogP) is 1.94. The molecule has 0 amide bonds. The standard InChI is InChI=1S/C15H24N2O3S/c1-12-8-13(16)10-14(9-12)21(19,20)17-11-15(18)6-4-2-3-5-7-15/h8-10,17-18H,2-7,11,16H2,1H3. The van der Waals surface area contributed by atoms with Crippen molar-refractivity contribution >= 4 is 15.7 Å². The Morgan fingerprint density at radius 1 is 1.19 bits per heavy atom. The first-order valence-corrected chi connectivity index (χ1v) is 8.88. The van der Waals surface area contributed by atoms with Crippen molar-refractivity contribution < 1.29 is 13.5 Å². The van der Waals surface area contributed by atoms with Crippen molar-refractivity contribution in [1.82, 2.24) is 4.72 Å². The van der Waals surface area contributed by atoms with E-state index in [-0.39, 0.29) is 11.4 Å². The normalized spacial score (nSPS) is 19.1. The third-order valence-electron chi connectivity index (χ3n) is 4.01. The van der Waals surface area contributed by atoms with E-state index in [0.717, 1.165) is 31.2 Å². The second-order valence-electron chi connectivity index (χ2n) is 6.04. The lowest BCUT2D eigenvalue weighted by molar-refractivity contribution is 0.0303. The van der Waals surface area contributed by atoms with Crippen LogP contribution in [-0.2, 0) is 10.0 Å². The number of aliphatic hydroxyl groups is 1. The molecule has 1 fully saturated rings. The molecule has 2 rings (SSSR count). The molecular weight excluding hydrogens is 288 g/mol. The molecule has 1 saturated carbocycles. The number of nitrogens with two attached hydrogens (primary N) is 1. The highest BCUT2D eigenvalue weighted by molar-refractivity contribution is 7.89. The molecule has 5 nitrogen and oxygen atoms in total. The van der Waals surface area contributed by atoms with E-state index in [1.807, 2.05) is 0 Å². The van der Waals surface area contributed by atoms with E-state index in [2.05, 4.69) is 4.72 Å². The number of sulfonamides is 1. The van der Waals surface area contributed by atoms with Crippen LogP contribution >= 0.6 is 0 Å². The fourth-order valence-electron chi connectivity index (χ4n) is 2.81. The Bertz CT molecular complexity index is 571. The summed E-state index contributed by atoms with van der Waals surface area (Å²) in [7, 11) is -3.64. The molecule has 0 spiro atoms. The summed E-state index contributed by atoms with van der Waals surface area (Å²) in [6, 6.07) is 4.74. The summed E-state index contributed by atoms with van der Waals surface area (Å²) in [4.78, 5) is 0.150. The van der Waals surface area contributed by atoms with Crippen LogP contribution in [0.15, 0.2) is 23.1 Å². The summed E-state index contributed by atoms with van der Waals surface area (Å²) in [6.07, 6.45) is 5.37. The summed E-state index contributed by atoms with van der Waals surface area (Å²) < 4.78 is 27.2. The molecule has 1 aromatic rings. The van der Waals surface area contributed by atoms with Crippen LogP contribution < -0.4 is 10.5 Å². The van der Waals surface area contributed by atoms with Crippen LogP contribution in [0.4, 0.5) is 5.69 Å². The number of hydrogen-bond donors (Lipinski definition) is 3. The van der Waals surface area contributed by atoms with Crippen LogP contribution in [0.1, 0.15) is 44.1 Å². The van der Waals surface area contributed by atoms with Gasteiger partial charge < -0.3 is 10.8 Å². The van der Waals surface area contributed by atoms with Gasteiger partial charge in [-0.05, 0) is 43.5 Å². The van der Waals surface area contributed by atoms with E-state index in [9.17, 15) is 13.5 Å². The first-order chi connectivity index (χ1) is 9.81. The number of aryl methyl sites for hydroxylation is 1. The SMILES string of the molecule is Cc1cc(N)cc(S(=O)(=O)NCC2(O)CCCCCC2)c1. The van der Waals surface area contributed by atoms with Crippen LogP contribution in [0.25, 0.3) is 0 Å². The van der Waals surface area contributed by atoms with E-state index in [4.69, 9.17) is 5.73 Å². The van der Waals surface area contributed by atoms with Gasteiger partial charge in [-0.15, -0.1) is 0 Å². The molecule has 0 heterocycles. The lowest BCUT2D eigenvalue weighted by atomic mass is 9.95. The predicted molar refractivity (Wildman–Crippen MR) is 83.4 cm³/mol. The fraction of sp³-hybridized carbons (Fsp3) is 0.600. The number of benzene rings is 1. The molecule has 1 aromatic carbocycles. The first-order valence-electron chi connectivity index (χ1n) is 7.40. The smallest absolute Gasteiger partial charge is 0.240 e. The van der Waals surface area contributed by atoms with Gasteiger partial charge in [0.15, 0.2) is 0 Å². The zero-order chi connectivity index (χ0) is 15.5. The Kier molecular flexibility index (Phi) is 4.91. The number of anilines is 1. The summed E-state index contributed by atoms with van der Waals surface area (Å²) in [5.41, 5.74) is 5.98. The Labute approximate surface area is 126 Å². The maximum absolute atomic E-state index is 12.3. The average Bonchev–Trinajstić information content (AvgIpc) is 2.61. The number of hydrogen-bond acceptors (Lipinski definition) is 4. The van der Waals surface area contributed by atoms with Gasteiger partial charge in [0.2, 0.25) is 10.0 Å². The molecule has 118 valence electrons. The molecule has 0 saturated heterocycles. The lowest BCUT2D eigenvalue weighted by Crippen LogP contribution is -2.42. The van der Waals surface area contributed by atoms with Crippen molar-refractivity contribution in [2.75, 3.05) is 12.3 Å². The second-order valence-corrected chi connectivity index (χ2v) is 7.81. The van der Waals surface area contributed by atoms with Gasteiger partial charge in [-0.3, -0.25) is 0 Å². The highest BCUT2D eigenvalue weighted by atomic mass is 32.2. The van der Waals surface area contributed by atoms with Crippen molar-refractivity contribution in [3.05, 3.63) is 23.8 Å². The van der Waals surface area contributed by atoms with E-state index in [1.165, 1.54) is 6.07 Å². The zero-order valence-corrected chi connectivity index (χ0v) is 13.2. The maximum Gasteiger partial charge on any atom is 0.240 e. The minimum atomic E-state index is -3.64. The van der Waals surface area contributed by atoms with Gasteiger partial charge in [0.05, 0.1) is 10.5 Å². The summed E-state index contributed by atoms with van der Waals surface area (Å²) in [6.45, 7) is 1.86. The van der Waals surface area contributed by atoms with E-state index in [0.29, 0.717) is 18.5 Å². The van der Waals surface area contributed by atoms with Crippen molar-refractivity contribution in [2.45, 2.75) is 55.9 Å². The van der Waals surface area contributed by atoms with Gasteiger partial charge in [-0.25, -0.2) is 13.1 Å². The average molecular weight is 312 g/mol. The highest BCUT2D eigenvalue weighted by Gasteiger charge is 2.30. The molecule has 21 heavy (non-hydrogen) atoms. The third-order valence-corrected chi connectivity index (χ3v) is 5.39. The van der Waals surface area contributed by atoms with E-state index in [1.54, 1.807) is 19.1 Å². The zero-order valence-electron chi connectivity index (χ0n) is 12.4. The first kappa shape index (κ1) is 16.3. The Hall–Kier alpha value is -1.11. The quantitative estimate of drug-likeness (QED) is 0.585. The van der Waals surface area contributed by atoms with Crippen molar-refractivity contribution in [2.24, 2.45) is 0 Å². The van der Waals surface area contributed by atoms with Gasteiger partial charge in [-0.2, -0.15) is 0 Å². The van der Waals surface area contributed by atoms with Crippen molar-refractivity contribution in [3.63, 3.8) is 0 Å². The Morgan fingerprint density at radius 2 is 1.81 bits per heavy atom. The maximum atomic E-state index is 12.3. The Morgan fingerprint density at radius 3 is 2.38 bits per heavy atom. The summed E-state index contributed by atoms with van der Waals surface area (Å²) in [5, 5.41) is 10.5. The van der Waals surface area contributed by atoms with Crippen LogP contribution in [-0.4, -0.2) is 25.7 Å². The molecule has 0 bridgehead atoms. The van der Waals surface area contributed by atoms with E-state index < -0.39 is 15.6 Å². The monoisotopic (exact) mass is 312 g/mol. The van der Waals surface area contributed by atoms with Crippen LogP contribution in [0.3, 0.4) is 0 Å². The summed E-state index contributed by atoms with van der Waals surface area (Å²) in [5.74, 6) is 0. The molecule has 0 atom stereocenters. The lowest BCUT2D eigenvalue weighted by Gasteiger charge is -2.26. The van der Waals surface area contributed by atoms with Crippen LogP contribution in [0.2, 0.25) is 0 Å². The number of nitrogen functional groups attached to an aromatic ring is 1. The fourth-order valence-corrected chi connectivity index (χ4v) is 4.07. The molecule has 0 aliphatic heterocycles. The van der Waals surface area contributed by atoms with Crippen molar-refractivity contribution in [1.29, 1.82) is 0 Å². The topological polar surface area (TPSA) is 92.4 Å². The molecule has 0 radical (unpaired) electrons. The largest absolute Gasteiger partial charge is 0.399 e. The molecular formula is C15H24N2O3S. The van der Waals surface area contributed by atoms with Gasteiger partial charge in [-0.1, -0.05) is 25.7 Å². The van der Waals surface area contributed by atoms with Gasteiger partial charge in [0.25, 0.3) is 0 Å². The van der Waals surface area contributed by atoms with Gasteiger partial charge >= 0.3 is 0 Å². The van der Waals surface area contributed by atoms with Crippen LogP contribution in [0, 0.1) is 6.92 Å². The van der Waals surface area contributed by atoms with Crippen molar-refractivity contribution in [3.8, 4) is 0 Å². The second kappa shape index (κ2) is 6.34. The third kappa shape index (κ3) is 4.43.